The molecule has 0 aliphatic heterocycles. The van der Waals surface area contributed by atoms with E-state index in [1.165, 1.54) is 4.68 Å². The van der Waals surface area contributed by atoms with Gasteiger partial charge in [0, 0.05) is 12.4 Å². The fourth-order valence-electron chi connectivity index (χ4n) is 3.80. The van der Waals surface area contributed by atoms with E-state index in [4.69, 9.17) is 9.52 Å². The molecule has 1 amide bonds. The molecule has 9 heteroatoms. The van der Waals surface area contributed by atoms with Gasteiger partial charge in [-0.3, -0.25) is 9.59 Å². The summed E-state index contributed by atoms with van der Waals surface area (Å²) in [6.45, 7) is 3.66. The SMILES string of the molecule is Cc1nn([C@H](C)C(=O)NCc2ccco2)c(=O)c2c(-n3cccc3)n(-c3ccccc3)nc12. The summed E-state index contributed by atoms with van der Waals surface area (Å²) in [6.07, 6.45) is 5.26. The van der Waals surface area contributed by atoms with Gasteiger partial charge in [-0.1, -0.05) is 18.2 Å². The Balaban J connectivity index is 1.64. The van der Waals surface area contributed by atoms with Crippen molar-refractivity contribution in [1.29, 1.82) is 0 Å². The number of hydrogen-bond acceptors (Lipinski definition) is 5. The molecule has 0 aliphatic carbocycles. The molecule has 33 heavy (non-hydrogen) atoms. The van der Waals surface area contributed by atoms with Crippen LogP contribution in [0.1, 0.15) is 24.4 Å². The molecule has 4 aromatic heterocycles. The number of nitrogens with one attached hydrogen (secondary N) is 1. The monoisotopic (exact) mass is 442 g/mol. The first-order valence-corrected chi connectivity index (χ1v) is 10.6. The zero-order valence-electron chi connectivity index (χ0n) is 18.2. The van der Waals surface area contributed by atoms with Gasteiger partial charge < -0.3 is 14.3 Å². The molecule has 4 heterocycles. The lowest BCUT2D eigenvalue weighted by Crippen LogP contribution is -2.37. The summed E-state index contributed by atoms with van der Waals surface area (Å²) in [6, 6.07) is 16.0. The van der Waals surface area contributed by atoms with Crippen molar-refractivity contribution >= 4 is 16.8 Å². The van der Waals surface area contributed by atoms with E-state index in [-0.39, 0.29) is 18.0 Å². The van der Waals surface area contributed by atoms with Crippen LogP contribution in [-0.4, -0.2) is 30.0 Å². The number of nitrogens with zero attached hydrogens (tertiary/aromatic N) is 5. The fourth-order valence-corrected chi connectivity index (χ4v) is 3.80. The Bertz CT molecular complexity index is 1460. The molecule has 9 nitrogen and oxygen atoms in total. The van der Waals surface area contributed by atoms with Crippen molar-refractivity contribution in [3.63, 3.8) is 0 Å². The van der Waals surface area contributed by atoms with Crippen LogP contribution >= 0.6 is 0 Å². The molecule has 0 radical (unpaired) electrons. The Kier molecular flexibility index (Phi) is 5.14. The van der Waals surface area contributed by atoms with Crippen LogP contribution in [-0.2, 0) is 11.3 Å². The van der Waals surface area contributed by atoms with Gasteiger partial charge in [0.1, 0.15) is 22.7 Å². The third-order valence-electron chi connectivity index (χ3n) is 5.50. The van der Waals surface area contributed by atoms with Crippen LogP contribution in [0.2, 0.25) is 0 Å². The summed E-state index contributed by atoms with van der Waals surface area (Å²) < 4.78 is 10.1. The van der Waals surface area contributed by atoms with Crippen LogP contribution in [0.3, 0.4) is 0 Å². The minimum absolute atomic E-state index is 0.229. The van der Waals surface area contributed by atoms with Gasteiger partial charge in [0.2, 0.25) is 5.91 Å². The van der Waals surface area contributed by atoms with Crippen LogP contribution in [0.4, 0.5) is 0 Å². The minimum atomic E-state index is -0.826. The molecule has 0 aliphatic rings. The Morgan fingerprint density at radius 1 is 1.06 bits per heavy atom. The van der Waals surface area contributed by atoms with E-state index in [2.05, 4.69) is 10.4 Å². The van der Waals surface area contributed by atoms with Crippen LogP contribution < -0.4 is 10.9 Å². The highest BCUT2D eigenvalue weighted by Crippen LogP contribution is 2.25. The highest BCUT2D eigenvalue weighted by Gasteiger charge is 2.25. The van der Waals surface area contributed by atoms with Gasteiger partial charge >= 0.3 is 0 Å². The quantitative estimate of drug-likeness (QED) is 0.435. The average molecular weight is 442 g/mol. The van der Waals surface area contributed by atoms with E-state index in [1.807, 2.05) is 59.4 Å². The molecule has 1 aromatic carbocycles. The molecule has 0 saturated carbocycles. The molecule has 0 spiro atoms. The first kappa shape index (κ1) is 20.5. The van der Waals surface area contributed by atoms with E-state index in [0.717, 1.165) is 5.69 Å². The molecule has 5 rings (SSSR count). The molecule has 1 N–H and O–H groups in total. The van der Waals surface area contributed by atoms with Crippen molar-refractivity contribution in [3.05, 3.63) is 95.1 Å². The predicted octanol–water partition coefficient (Wildman–Crippen LogP) is 3.15. The number of amides is 1. The van der Waals surface area contributed by atoms with Gasteiger partial charge in [-0.15, -0.1) is 0 Å². The van der Waals surface area contributed by atoms with Gasteiger partial charge in [0.25, 0.3) is 5.56 Å². The maximum atomic E-state index is 13.7. The van der Waals surface area contributed by atoms with Crippen molar-refractivity contribution in [3.8, 4) is 11.5 Å². The molecule has 5 aromatic rings. The van der Waals surface area contributed by atoms with Gasteiger partial charge in [0.15, 0.2) is 5.82 Å². The first-order chi connectivity index (χ1) is 16.0. The van der Waals surface area contributed by atoms with Crippen molar-refractivity contribution < 1.29 is 9.21 Å². The lowest BCUT2D eigenvalue weighted by Gasteiger charge is -2.15. The van der Waals surface area contributed by atoms with Crippen LogP contribution in [0.5, 0.6) is 0 Å². The Morgan fingerprint density at radius 3 is 2.52 bits per heavy atom. The molecular formula is C24H22N6O3. The van der Waals surface area contributed by atoms with Gasteiger partial charge in [-0.05, 0) is 50.2 Å². The maximum Gasteiger partial charge on any atom is 0.280 e. The maximum absolute atomic E-state index is 13.7. The number of benzene rings is 1. The standard InChI is InChI=1S/C24H22N6O3/c1-16-21-20(23(28-12-6-7-13-28)30(27-21)18-9-4-3-5-10-18)24(32)29(26-16)17(2)22(31)25-15-19-11-8-14-33-19/h3-14,17H,15H2,1-2H3,(H,25,31)/t17-/m1/s1. The Morgan fingerprint density at radius 2 is 1.82 bits per heavy atom. The fraction of sp³-hybridized carbons (Fsp3) is 0.167. The van der Waals surface area contributed by atoms with E-state index in [1.54, 1.807) is 36.9 Å². The second-order valence-electron chi connectivity index (χ2n) is 7.69. The van der Waals surface area contributed by atoms with Crippen molar-refractivity contribution in [2.24, 2.45) is 0 Å². The second kappa shape index (κ2) is 8.27. The average Bonchev–Trinajstić information content (AvgIpc) is 3.60. The Hall–Kier alpha value is -4.40. The van der Waals surface area contributed by atoms with E-state index in [0.29, 0.717) is 28.2 Å². The number of carbonyl (C=O) groups excluding carboxylic acids is 1. The van der Waals surface area contributed by atoms with Crippen LogP contribution in [0, 0.1) is 6.92 Å². The first-order valence-electron chi connectivity index (χ1n) is 10.6. The summed E-state index contributed by atoms with van der Waals surface area (Å²) in [5.74, 6) is 0.882. The van der Waals surface area contributed by atoms with Gasteiger partial charge in [-0.2, -0.15) is 10.2 Å². The molecule has 166 valence electrons. The van der Waals surface area contributed by atoms with Crippen molar-refractivity contribution in [1.82, 2.24) is 29.4 Å². The third kappa shape index (κ3) is 3.63. The number of furan rings is 1. The lowest BCUT2D eigenvalue weighted by molar-refractivity contribution is -0.124. The van der Waals surface area contributed by atoms with Crippen molar-refractivity contribution in [2.45, 2.75) is 26.4 Å². The number of fused-ring (bicyclic) bond motifs is 1. The minimum Gasteiger partial charge on any atom is -0.467 e. The van der Waals surface area contributed by atoms with Gasteiger partial charge in [0.05, 0.1) is 24.2 Å². The predicted molar refractivity (Wildman–Crippen MR) is 122 cm³/mol. The third-order valence-corrected chi connectivity index (χ3v) is 5.50. The normalized spacial score (nSPS) is 12.2. The van der Waals surface area contributed by atoms with Crippen molar-refractivity contribution in [2.75, 3.05) is 0 Å². The molecule has 0 bridgehead atoms. The van der Waals surface area contributed by atoms with Crippen LogP contribution in [0.15, 0.2) is 82.5 Å². The van der Waals surface area contributed by atoms with Crippen LogP contribution in [0.25, 0.3) is 22.4 Å². The number of aromatic nitrogens is 5. The molecule has 0 unspecified atom stereocenters. The topological polar surface area (TPSA) is 99.9 Å². The zero-order chi connectivity index (χ0) is 22.9. The highest BCUT2D eigenvalue weighted by atomic mass is 16.3. The zero-order valence-corrected chi connectivity index (χ0v) is 18.2. The number of aryl methyl sites for hydroxylation is 1. The number of carbonyl (C=O) groups is 1. The smallest absolute Gasteiger partial charge is 0.280 e. The van der Waals surface area contributed by atoms with E-state index < -0.39 is 6.04 Å². The van der Waals surface area contributed by atoms with E-state index in [9.17, 15) is 9.59 Å². The number of para-hydroxylation sites is 1. The summed E-state index contributed by atoms with van der Waals surface area (Å²) >= 11 is 0. The summed E-state index contributed by atoms with van der Waals surface area (Å²) in [5, 5.41) is 12.3. The summed E-state index contributed by atoms with van der Waals surface area (Å²) in [7, 11) is 0. The molecule has 1 atom stereocenters. The van der Waals surface area contributed by atoms with Gasteiger partial charge in [-0.25, -0.2) is 9.36 Å². The summed E-state index contributed by atoms with van der Waals surface area (Å²) in [5.41, 5.74) is 1.47. The highest BCUT2D eigenvalue weighted by molar-refractivity contribution is 5.88. The number of hydrogen-bond donors (Lipinski definition) is 1. The van der Waals surface area contributed by atoms with E-state index >= 15 is 0 Å². The largest absolute Gasteiger partial charge is 0.467 e. The second-order valence-corrected chi connectivity index (χ2v) is 7.69. The Labute approximate surface area is 188 Å². The molecule has 0 fully saturated rings. The molecule has 0 saturated heterocycles. The molecular weight excluding hydrogens is 420 g/mol. The summed E-state index contributed by atoms with van der Waals surface area (Å²) in [4.78, 5) is 26.5. The number of rotatable bonds is 6. The lowest BCUT2D eigenvalue weighted by atomic mass is 10.2.